The van der Waals surface area contributed by atoms with Crippen LogP contribution in [0.2, 0.25) is 0 Å². The van der Waals surface area contributed by atoms with E-state index in [1.807, 2.05) is 11.3 Å². The number of rotatable bonds is 10. The summed E-state index contributed by atoms with van der Waals surface area (Å²) in [6.45, 7) is 0. The van der Waals surface area contributed by atoms with E-state index in [9.17, 15) is 0 Å². The minimum atomic E-state index is 1.07. The molecule has 13 aromatic rings. The van der Waals surface area contributed by atoms with E-state index in [-0.39, 0.29) is 0 Å². The Bertz CT molecular complexity index is 3970. The molecule has 0 bridgehead atoms. The molecule has 0 fully saturated rings. The Morgan fingerprint density at radius 2 is 0.786 bits per heavy atom. The van der Waals surface area contributed by atoms with Crippen LogP contribution in [0.25, 0.3) is 81.0 Å². The Balaban J connectivity index is 0.999. The molecule has 0 radical (unpaired) electrons. The predicted molar refractivity (Wildman–Crippen MR) is 299 cm³/mol. The summed E-state index contributed by atoms with van der Waals surface area (Å²) >= 11 is 1.87. The number of hydrogen-bond donors (Lipinski definition) is 0. The lowest BCUT2D eigenvalue weighted by Crippen LogP contribution is -2.12. The Morgan fingerprint density at radius 3 is 1.49 bits per heavy atom. The maximum absolute atomic E-state index is 2.44. The van der Waals surface area contributed by atoms with E-state index in [2.05, 4.69) is 287 Å². The molecule has 0 atom stereocenters. The fourth-order valence-corrected chi connectivity index (χ4v) is 11.5. The molecule has 3 nitrogen and oxygen atoms in total. The highest BCUT2D eigenvalue weighted by atomic mass is 32.1. The van der Waals surface area contributed by atoms with Crippen LogP contribution in [0, 0.1) is 0 Å². The number of benzene rings is 11. The lowest BCUT2D eigenvalue weighted by atomic mass is 9.99. The van der Waals surface area contributed by atoms with Crippen molar-refractivity contribution in [2.24, 2.45) is 0 Å². The van der Waals surface area contributed by atoms with Crippen molar-refractivity contribution in [3.63, 3.8) is 0 Å². The fourth-order valence-electron chi connectivity index (χ4n) is 10.4. The third-order valence-corrected chi connectivity index (χ3v) is 14.7. The van der Waals surface area contributed by atoms with Crippen molar-refractivity contribution in [3.8, 4) is 39.1 Å². The van der Waals surface area contributed by atoms with Gasteiger partial charge in [0.2, 0.25) is 0 Å². The molecule has 0 spiro atoms. The average molecular weight is 912 g/mol. The maximum Gasteiger partial charge on any atom is 0.0548 e. The molecule has 0 amide bonds. The summed E-state index contributed by atoms with van der Waals surface area (Å²) in [5.74, 6) is 0. The second-order valence-electron chi connectivity index (χ2n) is 17.7. The van der Waals surface area contributed by atoms with Crippen LogP contribution in [0.1, 0.15) is 0 Å². The van der Waals surface area contributed by atoms with E-state index >= 15 is 0 Å². The van der Waals surface area contributed by atoms with Crippen LogP contribution in [0.5, 0.6) is 0 Å². The van der Waals surface area contributed by atoms with Crippen molar-refractivity contribution >= 4 is 87.4 Å². The zero-order valence-electron chi connectivity index (χ0n) is 38.2. The number of hydrogen-bond acceptors (Lipinski definition) is 3. The summed E-state index contributed by atoms with van der Waals surface area (Å²) in [4.78, 5) is 4.80. The van der Waals surface area contributed by atoms with Crippen molar-refractivity contribution in [2.45, 2.75) is 0 Å². The average Bonchev–Trinajstić information content (AvgIpc) is 3.98. The molecule has 0 saturated heterocycles. The molecule has 4 heteroatoms. The van der Waals surface area contributed by atoms with Gasteiger partial charge in [0.1, 0.15) is 0 Å². The highest BCUT2D eigenvalue weighted by Gasteiger charge is 2.23. The van der Waals surface area contributed by atoms with E-state index in [0.29, 0.717) is 0 Å². The molecule has 70 heavy (non-hydrogen) atoms. The standard InChI is InChI=1S/C66H45N3S/c1-5-18-46(19-6-1)48-32-36-53(37-33-48)67(56-40-41-61-59(45-56)65-62(69(61)52-25-11-4-12-26-52)42-43-64-66(65)58-29-14-16-31-63(58)70-64)55-27-17-22-50(44-55)57-28-13-15-30-60(57)68(51-23-9-3-10-24-51)54-38-34-49(35-39-54)47-20-7-2-8-21-47/h1-45H. The lowest BCUT2D eigenvalue weighted by Gasteiger charge is -2.29. The van der Waals surface area contributed by atoms with Gasteiger partial charge in [0, 0.05) is 70.6 Å². The highest BCUT2D eigenvalue weighted by Crippen LogP contribution is 2.47. The SMILES string of the molecule is c1ccc(-c2ccc(N(c3cccc(-c4ccccc4N(c4ccccc4)c4ccc(-c5ccccc5)cc4)c3)c3ccc4c(c3)c3c5c(ccc3n4-c3ccccc3)sc3ccccc35)cc2)cc1. The molecule has 0 saturated carbocycles. The minimum Gasteiger partial charge on any atom is -0.310 e. The van der Waals surface area contributed by atoms with Crippen LogP contribution in [0.3, 0.4) is 0 Å². The predicted octanol–water partition coefficient (Wildman–Crippen LogP) is 19.1. The summed E-state index contributed by atoms with van der Waals surface area (Å²) < 4.78 is 5.03. The Kier molecular flexibility index (Phi) is 10.4. The van der Waals surface area contributed by atoms with Gasteiger partial charge in [-0.25, -0.2) is 0 Å². The fraction of sp³-hybridized carbons (Fsp3) is 0. The summed E-state index contributed by atoms with van der Waals surface area (Å²) in [7, 11) is 0. The smallest absolute Gasteiger partial charge is 0.0548 e. The lowest BCUT2D eigenvalue weighted by molar-refractivity contribution is 1.18. The normalized spacial score (nSPS) is 11.4. The van der Waals surface area contributed by atoms with Gasteiger partial charge in [0.05, 0.1) is 16.7 Å². The number of aromatic nitrogens is 1. The highest BCUT2D eigenvalue weighted by molar-refractivity contribution is 7.26. The van der Waals surface area contributed by atoms with Crippen LogP contribution in [-0.2, 0) is 0 Å². The van der Waals surface area contributed by atoms with E-state index in [4.69, 9.17) is 0 Å². The van der Waals surface area contributed by atoms with E-state index < -0.39 is 0 Å². The zero-order valence-corrected chi connectivity index (χ0v) is 39.0. The minimum absolute atomic E-state index is 1.07. The topological polar surface area (TPSA) is 11.4 Å². The van der Waals surface area contributed by atoms with Crippen LogP contribution in [0.4, 0.5) is 34.1 Å². The first-order valence-electron chi connectivity index (χ1n) is 23.8. The van der Waals surface area contributed by atoms with Crippen LogP contribution >= 0.6 is 11.3 Å². The molecule has 2 heterocycles. The molecule has 13 rings (SSSR count). The molecular weight excluding hydrogens is 867 g/mol. The van der Waals surface area contributed by atoms with Crippen molar-refractivity contribution < 1.29 is 0 Å². The number of anilines is 6. The van der Waals surface area contributed by atoms with Gasteiger partial charge in [-0.2, -0.15) is 0 Å². The Hall–Kier alpha value is -8.96. The second-order valence-corrected chi connectivity index (χ2v) is 18.8. The third kappa shape index (κ3) is 7.30. The first-order valence-corrected chi connectivity index (χ1v) is 24.6. The summed E-state index contributed by atoms with van der Waals surface area (Å²) in [5, 5.41) is 5.09. The molecule has 11 aromatic carbocycles. The first-order chi connectivity index (χ1) is 34.7. The Morgan fingerprint density at radius 1 is 0.286 bits per heavy atom. The van der Waals surface area contributed by atoms with E-state index in [1.165, 1.54) is 64.2 Å². The maximum atomic E-state index is 2.44. The van der Waals surface area contributed by atoms with Crippen molar-refractivity contribution in [3.05, 3.63) is 273 Å². The molecule has 0 unspecified atom stereocenters. The molecule has 2 aromatic heterocycles. The first kappa shape index (κ1) is 41.2. The van der Waals surface area contributed by atoms with Gasteiger partial charge in [-0.15, -0.1) is 11.3 Å². The second kappa shape index (κ2) is 17.6. The number of nitrogens with zero attached hydrogens (tertiary/aromatic N) is 3. The van der Waals surface area contributed by atoms with Crippen LogP contribution in [0.15, 0.2) is 273 Å². The number of thiophene rings is 1. The van der Waals surface area contributed by atoms with Gasteiger partial charge >= 0.3 is 0 Å². The van der Waals surface area contributed by atoms with Gasteiger partial charge in [-0.1, -0.05) is 170 Å². The van der Waals surface area contributed by atoms with Crippen molar-refractivity contribution in [1.82, 2.24) is 4.57 Å². The van der Waals surface area contributed by atoms with Crippen molar-refractivity contribution in [1.29, 1.82) is 0 Å². The van der Waals surface area contributed by atoms with Crippen LogP contribution in [-0.4, -0.2) is 4.57 Å². The van der Waals surface area contributed by atoms with E-state index in [1.54, 1.807) is 0 Å². The largest absolute Gasteiger partial charge is 0.310 e. The quantitative estimate of drug-likeness (QED) is 0.135. The van der Waals surface area contributed by atoms with Gasteiger partial charge < -0.3 is 14.4 Å². The number of para-hydroxylation sites is 3. The molecule has 0 aliphatic rings. The summed E-state index contributed by atoms with van der Waals surface area (Å²) in [6, 6.07) is 99.0. The monoisotopic (exact) mass is 911 g/mol. The van der Waals surface area contributed by atoms with Gasteiger partial charge in [-0.05, 0) is 131 Å². The molecule has 0 aliphatic carbocycles. The summed E-state index contributed by atoms with van der Waals surface area (Å²) in [6.07, 6.45) is 0. The number of fused-ring (bicyclic) bond motifs is 7. The van der Waals surface area contributed by atoms with Gasteiger partial charge in [-0.3, -0.25) is 0 Å². The van der Waals surface area contributed by atoms with E-state index in [0.717, 1.165) is 50.9 Å². The third-order valence-electron chi connectivity index (χ3n) is 13.6. The summed E-state index contributed by atoms with van der Waals surface area (Å²) in [5.41, 5.74) is 17.0. The van der Waals surface area contributed by atoms with Gasteiger partial charge in [0.25, 0.3) is 0 Å². The van der Waals surface area contributed by atoms with Crippen LogP contribution < -0.4 is 9.80 Å². The van der Waals surface area contributed by atoms with Crippen molar-refractivity contribution in [2.75, 3.05) is 9.80 Å². The Labute approximate surface area is 411 Å². The zero-order chi connectivity index (χ0) is 46.4. The molecular formula is C66H45N3S. The molecule has 0 N–H and O–H groups in total. The molecule has 0 aliphatic heterocycles. The molecule has 330 valence electrons. The van der Waals surface area contributed by atoms with Gasteiger partial charge in [0.15, 0.2) is 0 Å².